The first-order valence-electron chi connectivity index (χ1n) is 12.2. The molecule has 0 bridgehead atoms. The van der Waals surface area contributed by atoms with Crippen molar-refractivity contribution in [2.45, 2.75) is 77.9 Å². The van der Waals surface area contributed by atoms with Crippen LogP contribution in [0.4, 0.5) is 0 Å². The molecule has 0 spiro atoms. The number of aromatic nitrogens is 2. The molecule has 1 fully saturated rings. The van der Waals surface area contributed by atoms with E-state index in [1.165, 1.54) is 16.3 Å². The second-order valence-corrected chi connectivity index (χ2v) is 10.1. The minimum Gasteiger partial charge on any atom is -0.350 e. The van der Waals surface area contributed by atoms with Gasteiger partial charge in [-0.1, -0.05) is 42.5 Å². The summed E-state index contributed by atoms with van der Waals surface area (Å²) in [4.78, 5) is 27.6. The zero-order valence-electron chi connectivity index (χ0n) is 21.0. The average Bonchev–Trinajstić information content (AvgIpc) is 3.28. The second kappa shape index (κ2) is 9.61. The summed E-state index contributed by atoms with van der Waals surface area (Å²) in [5, 5.41) is 10.2. The number of hydrogen-bond acceptors (Lipinski definition) is 3. The molecule has 180 valence electrons. The van der Waals surface area contributed by atoms with Crippen molar-refractivity contribution in [1.82, 2.24) is 20.0 Å². The fourth-order valence-electron chi connectivity index (χ4n) is 5.19. The molecule has 0 saturated carbocycles. The molecule has 0 aliphatic carbocycles. The highest BCUT2D eigenvalue weighted by atomic mass is 16.2. The van der Waals surface area contributed by atoms with Crippen LogP contribution in [0.1, 0.15) is 62.0 Å². The number of rotatable bonds is 8. The summed E-state index contributed by atoms with van der Waals surface area (Å²) in [5.41, 5.74) is 3.99. The Morgan fingerprint density at radius 1 is 1.18 bits per heavy atom. The molecule has 1 aliphatic heterocycles. The summed E-state index contributed by atoms with van der Waals surface area (Å²) < 4.78 is 1.88. The van der Waals surface area contributed by atoms with E-state index in [2.05, 4.69) is 54.6 Å². The van der Waals surface area contributed by atoms with E-state index in [0.717, 1.165) is 29.8 Å². The van der Waals surface area contributed by atoms with Crippen LogP contribution >= 0.6 is 0 Å². The fraction of sp³-hybridized carbons (Fsp3) is 0.464. The highest BCUT2D eigenvalue weighted by molar-refractivity contribution is 5.83. The average molecular weight is 461 g/mol. The van der Waals surface area contributed by atoms with Gasteiger partial charge in [0, 0.05) is 49.3 Å². The fourth-order valence-corrected chi connectivity index (χ4v) is 5.19. The molecule has 1 unspecified atom stereocenters. The minimum atomic E-state index is -0.377. The molecule has 1 atom stereocenters. The first-order chi connectivity index (χ1) is 16.2. The van der Waals surface area contributed by atoms with Crippen molar-refractivity contribution < 1.29 is 9.59 Å². The lowest BCUT2D eigenvalue weighted by molar-refractivity contribution is -0.134. The molecular formula is C28H36N4O2. The predicted molar refractivity (Wildman–Crippen MR) is 135 cm³/mol. The van der Waals surface area contributed by atoms with Crippen LogP contribution in [0.5, 0.6) is 0 Å². The Hall–Kier alpha value is -3.15. The Labute approximate surface area is 202 Å². The van der Waals surface area contributed by atoms with Gasteiger partial charge in [-0.2, -0.15) is 5.10 Å². The number of fused-ring (bicyclic) bond motifs is 1. The van der Waals surface area contributed by atoms with Crippen LogP contribution in [0.15, 0.2) is 42.5 Å². The normalized spacial score (nSPS) is 18.0. The third kappa shape index (κ3) is 5.01. The van der Waals surface area contributed by atoms with Gasteiger partial charge in [-0.05, 0) is 63.3 Å². The molecule has 1 aliphatic rings. The number of nitrogens with one attached hydrogen (secondary N) is 1. The summed E-state index contributed by atoms with van der Waals surface area (Å²) in [6, 6.07) is 14.9. The van der Waals surface area contributed by atoms with E-state index in [1.807, 2.05) is 42.6 Å². The van der Waals surface area contributed by atoms with Crippen LogP contribution in [0.25, 0.3) is 10.8 Å². The summed E-state index contributed by atoms with van der Waals surface area (Å²) in [5.74, 6) is 0.201. The van der Waals surface area contributed by atoms with Crippen molar-refractivity contribution >= 4 is 22.6 Å². The monoisotopic (exact) mass is 460 g/mol. The van der Waals surface area contributed by atoms with Gasteiger partial charge in [0.05, 0.1) is 5.69 Å². The maximum atomic E-state index is 13.4. The van der Waals surface area contributed by atoms with E-state index in [0.29, 0.717) is 25.8 Å². The molecule has 2 aromatic carbocycles. The van der Waals surface area contributed by atoms with Gasteiger partial charge in [-0.25, -0.2) is 0 Å². The maximum absolute atomic E-state index is 13.4. The third-order valence-corrected chi connectivity index (χ3v) is 7.34. The number of hydrogen-bond donors (Lipinski definition) is 1. The van der Waals surface area contributed by atoms with E-state index in [1.54, 1.807) is 0 Å². The van der Waals surface area contributed by atoms with Crippen molar-refractivity contribution in [3.63, 3.8) is 0 Å². The van der Waals surface area contributed by atoms with Gasteiger partial charge < -0.3 is 10.2 Å². The Kier molecular flexibility index (Phi) is 6.78. The lowest BCUT2D eigenvalue weighted by atomic mass is 9.84. The number of carbonyl (C=O) groups excluding carboxylic acids is 2. The van der Waals surface area contributed by atoms with Crippen molar-refractivity contribution in [2.75, 3.05) is 0 Å². The van der Waals surface area contributed by atoms with Gasteiger partial charge in [0.25, 0.3) is 0 Å². The standard InChI is InChI=1S/C28H36N4O2/c1-19(2)32(18-25-20(3)30-31(5)21(25)4)27(34)13-15-28(14-12-26(33)29-28)17-22-10-11-23-8-6-7-9-24(23)16-22/h6-11,16,19H,12-15,17-18H2,1-5H3,(H,29,33). The highest BCUT2D eigenvalue weighted by Gasteiger charge is 2.38. The molecule has 1 N–H and O–H groups in total. The van der Waals surface area contributed by atoms with Gasteiger partial charge in [0.2, 0.25) is 11.8 Å². The predicted octanol–water partition coefficient (Wildman–Crippen LogP) is 4.60. The summed E-state index contributed by atoms with van der Waals surface area (Å²) in [6.45, 7) is 8.72. The van der Waals surface area contributed by atoms with Gasteiger partial charge in [-0.3, -0.25) is 14.3 Å². The van der Waals surface area contributed by atoms with E-state index >= 15 is 0 Å². The van der Waals surface area contributed by atoms with E-state index in [4.69, 9.17) is 0 Å². The molecule has 6 nitrogen and oxygen atoms in total. The maximum Gasteiger partial charge on any atom is 0.223 e. The minimum absolute atomic E-state index is 0.0792. The van der Waals surface area contributed by atoms with Crippen molar-refractivity contribution in [1.29, 1.82) is 0 Å². The smallest absolute Gasteiger partial charge is 0.223 e. The SMILES string of the molecule is Cc1nn(C)c(C)c1CN(C(=O)CCC1(Cc2ccc3ccccc3c2)CCC(=O)N1)C(C)C. The van der Waals surface area contributed by atoms with Gasteiger partial charge in [0.15, 0.2) is 0 Å². The number of nitrogens with zero attached hydrogens (tertiary/aromatic N) is 3. The summed E-state index contributed by atoms with van der Waals surface area (Å²) >= 11 is 0. The number of carbonyl (C=O) groups is 2. The van der Waals surface area contributed by atoms with Crippen LogP contribution in [0, 0.1) is 13.8 Å². The molecular weight excluding hydrogens is 424 g/mol. The van der Waals surface area contributed by atoms with Crippen LogP contribution < -0.4 is 5.32 Å². The van der Waals surface area contributed by atoms with Gasteiger partial charge in [-0.15, -0.1) is 0 Å². The van der Waals surface area contributed by atoms with Crippen LogP contribution in [0.3, 0.4) is 0 Å². The molecule has 6 heteroatoms. The largest absolute Gasteiger partial charge is 0.350 e. The zero-order valence-corrected chi connectivity index (χ0v) is 21.0. The van der Waals surface area contributed by atoms with Crippen LogP contribution in [-0.4, -0.2) is 38.1 Å². The third-order valence-electron chi connectivity index (χ3n) is 7.34. The quantitative estimate of drug-likeness (QED) is 0.534. The highest BCUT2D eigenvalue weighted by Crippen LogP contribution is 2.31. The van der Waals surface area contributed by atoms with Crippen molar-refractivity contribution in [2.24, 2.45) is 7.05 Å². The van der Waals surface area contributed by atoms with Gasteiger partial charge in [0.1, 0.15) is 0 Å². The summed E-state index contributed by atoms with van der Waals surface area (Å²) in [7, 11) is 1.94. The second-order valence-electron chi connectivity index (χ2n) is 10.1. The van der Waals surface area contributed by atoms with Crippen LogP contribution in [0.2, 0.25) is 0 Å². The molecule has 4 rings (SSSR count). The molecule has 2 heterocycles. The molecule has 34 heavy (non-hydrogen) atoms. The lowest BCUT2D eigenvalue weighted by Gasteiger charge is -2.32. The number of amides is 2. The Morgan fingerprint density at radius 3 is 2.53 bits per heavy atom. The molecule has 3 aromatic rings. The van der Waals surface area contributed by atoms with Crippen molar-refractivity contribution in [3.05, 3.63) is 65.0 Å². The molecule has 1 aromatic heterocycles. The van der Waals surface area contributed by atoms with E-state index in [-0.39, 0.29) is 23.4 Å². The molecule has 1 saturated heterocycles. The Balaban J connectivity index is 1.50. The zero-order chi connectivity index (χ0) is 24.5. The number of aryl methyl sites for hydroxylation is 2. The molecule has 0 radical (unpaired) electrons. The number of benzene rings is 2. The first-order valence-corrected chi connectivity index (χ1v) is 12.2. The van der Waals surface area contributed by atoms with Crippen molar-refractivity contribution in [3.8, 4) is 0 Å². The topological polar surface area (TPSA) is 67.2 Å². The Bertz CT molecular complexity index is 1210. The van der Waals surface area contributed by atoms with E-state index in [9.17, 15) is 9.59 Å². The molecule has 2 amide bonds. The van der Waals surface area contributed by atoms with Gasteiger partial charge >= 0.3 is 0 Å². The summed E-state index contributed by atoms with van der Waals surface area (Å²) in [6.07, 6.45) is 3.06. The Morgan fingerprint density at radius 2 is 1.91 bits per heavy atom. The first kappa shape index (κ1) is 24.0. The van der Waals surface area contributed by atoms with Crippen LogP contribution in [-0.2, 0) is 29.6 Å². The lowest BCUT2D eigenvalue weighted by Crippen LogP contribution is -2.45. The van der Waals surface area contributed by atoms with E-state index < -0.39 is 0 Å².